The largest absolute Gasteiger partial charge is 0.466 e. The molecule has 0 unspecified atom stereocenters. The van der Waals surface area contributed by atoms with Crippen molar-refractivity contribution < 1.29 is 36.6 Å². The summed E-state index contributed by atoms with van der Waals surface area (Å²) in [6.07, 6.45) is 17.5. The molecule has 0 atom stereocenters. The molecule has 0 aliphatic carbocycles. The number of rotatable bonds is 21. The SMILES string of the molecule is CCCCCCCCCCCCCCCCOC(=O)CCCC(=O)OCc1cc(F)c(F)c(F)c1F. The average Bonchev–Trinajstić information content (AvgIpc) is 2.86. The highest BCUT2D eigenvalue weighted by Gasteiger charge is 2.19. The van der Waals surface area contributed by atoms with Gasteiger partial charge in [-0.15, -0.1) is 0 Å². The topological polar surface area (TPSA) is 52.6 Å². The van der Waals surface area contributed by atoms with Crippen molar-refractivity contribution in [1.29, 1.82) is 0 Å². The molecule has 0 saturated heterocycles. The van der Waals surface area contributed by atoms with Gasteiger partial charge in [-0.3, -0.25) is 9.59 Å². The maximum absolute atomic E-state index is 13.5. The Hall–Kier alpha value is -2.12. The number of esters is 2. The Labute approximate surface area is 213 Å². The second-order valence-corrected chi connectivity index (χ2v) is 9.29. The van der Waals surface area contributed by atoms with E-state index in [1.807, 2.05) is 0 Å². The fourth-order valence-corrected chi connectivity index (χ4v) is 3.89. The van der Waals surface area contributed by atoms with Gasteiger partial charge in [0.05, 0.1) is 6.61 Å². The van der Waals surface area contributed by atoms with Gasteiger partial charge in [-0.2, -0.15) is 0 Å². The second-order valence-electron chi connectivity index (χ2n) is 9.29. The normalized spacial score (nSPS) is 11.0. The van der Waals surface area contributed by atoms with Crippen LogP contribution < -0.4 is 0 Å². The number of unbranched alkanes of at least 4 members (excludes halogenated alkanes) is 13. The molecule has 0 saturated carbocycles. The van der Waals surface area contributed by atoms with Crippen LogP contribution in [0.5, 0.6) is 0 Å². The van der Waals surface area contributed by atoms with E-state index < -0.39 is 47.4 Å². The summed E-state index contributed by atoms with van der Waals surface area (Å²) in [7, 11) is 0. The predicted molar refractivity (Wildman–Crippen MR) is 131 cm³/mol. The molecule has 4 nitrogen and oxygen atoms in total. The zero-order valence-corrected chi connectivity index (χ0v) is 21.7. The highest BCUT2D eigenvalue weighted by molar-refractivity contribution is 5.72. The molecule has 0 amide bonds. The lowest BCUT2D eigenvalue weighted by Crippen LogP contribution is -2.10. The number of carbonyl (C=O) groups is 2. The lowest BCUT2D eigenvalue weighted by molar-refractivity contribution is -0.146. The Balaban J connectivity index is 1.95. The Morgan fingerprint density at radius 2 is 1.08 bits per heavy atom. The lowest BCUT2D eigenvalue weighted by Gasteiger charge is -2.08. The Morgan fingerprint density at radius 1 is 0.611 bits per heavy atom. The minimum Gasteiger partial charge on any atom is -0.466 e. The molecule has 1 rings (SSSR count). The number of ether oxygens (including phenoxy) is 2. The van der Waals surface area contributed by atoms with Crippen molar-refractivity contribution in [1.82, 2.24) is 0 Å². The van der Waals surface area contributed by atoms with Crippen LogP contribution >= 0.6 is 0 Å². The van der Waals surface area contributed by atoms with Gasteiger partial charge in [0.25, 0.3) is 0 Å². The first-order chi connectivity index (χ1) is 17.4. The molecule has 1 aromatic rings. The van der Waals surface area contributed by atoms with Crippen LogP contribution in [0, 0.1) is 23.3 Å². The monoisotopic (exact) mass is 518 g/mol. The zero-order valence-electron chi connectivity index (χ0n) is 21.7. The summed E-state index contributed by atoms with van der Waals surface area (Å²) in [5, 5.41) is 0. The van der Waals surface area contributed by atoms with Crippen molar-refractivity contribution in [2.45, 2.75) is 123 Å². The Kier molecular flexibility index (Phi) is 17.7. The molecule has 206 valence electrons. The van der Waals surface area contributed by atoms with E-state index in [2.05, 4.69) is 6.92 Å². The number of carbonyl (C=O) groups excluding carboxylic acids is 2. The van der Waals surface area contributed by atoms with E-state index in [4.69, 9.17) is 9.47 Å². The van der Waals surface area contributed by atoms with E-state index >= 15 is 0 Å². The van der Waals surface area contributed by atoms with E-state index in [0.29, 0.717) is 12.7 Å². The van der Waals surface area contributed by atoms with Gasteiger partial charge in [0.15, 0.2) is 23.3 Å². The summed E-state index contributed by atoms with van der Waals surface area (Å²) in [4.78, 5) is 23.4. The van der Waals surface area contributed by atoms with Gasteiger partial charge in [0, 0.05) is 18.4 Å². The standard InChI is InChI=1S/C28H42F4O4/c1-2-3-4-5-6-7-8-9-10-11-12-13-14-15-19-35-24(33)17-16-18-25(34)36-21-22-20-23(29)27(31)28(32)26(22)30/h20H,2-19,21H2,1H3. The molecule has 0 aliphatic heterocycles. The van der Waals surface area contributed by atoms with Crippen LogP contribution in [0.15, 0.2) is 6.07 Å². The molecule has 0 radical (unpaired) electrons. The van der Waals surface area contributed by atoms with Crippen LogP contribution in [0.3, 0.4) is 0 Å². The molecule has 0 aromatic heterocycles. The Morgan fingerprint density at radius 3 is 1.61 bits per heavy atom. The van der Waals surface area contributed by atoms with Crippen molar-refractivity contribution in [3.63, 3.8) is 0 Å². The Bertz CT molecular complexity index is 770. The summed E-state index contributed by atoms with van der Waals surface area (Å²) < 4.78 is 62.7. The van der Waals surface area contributed by atoms with Gasteiger partial charge in [-0.05, 0) is 18.9 Å². The van der Waals surface area contributed by atoms with Gasteiger partial charge in [-0.25, -0.2) is 17.6 Å². The molecule has 0 bridgehead atoms. The van der Waals surface area contributed by atoms with Crippen LogP contribution in [0.2, 0.25) is 0 Å². The van der Waals surface area contributed by atoms with E-state index in [9.17, 15) is 27.2 Å². The molecule has 0 fully saturated rings. The average molecular weight is 519 g/mol. The molecule has 8 heteroatoms. The smallest absolute Gasteiger partial charge is 0.306 e. The lowest BCUT2D eigenvalue weighted by atomic mass is 10.0. The van der Waals surface area contributed by atoms with Crippen LogP contribution in [0.4, 0.5) is 17.6 Å². The van der Waals surface area contributed by atoms with Gasteiger partial charge < -0.3 is 9.47 Å². The second kappa shape index (κ2) is 20.0. The fourth-order valence-electron chi connectivity index (χ4n) is 3.89. The summed E-state index contributed by atoms with van der Waals surface area (Å²) in [6, 6.07) is 0.440. The zero-order chi connectivity index (χ0) is 26.6. The molecule has 1 aromatic carbocycles. The first kappa shape index (κ1) is 31.9. The highest BCUT2D eigenvalue weighted by Crippen LogP contribution is 2.19. The van der Waals surface area contributed by atoms with Crippen molar-refractivity contribution in [2.24, 2.45) is 0 Å². The molecule has 0 N–H and O–H groups in total. The van der Waals surface area contributed by atoms with E-state index in [1.54, 1.807) is 0 Å². The van der Waals surface area contributed by atoms with Gasteiger partial charge in [0.1, 0.15) is 6.61 Å². The number of benzene rings is 1. The van der Waals surface area contributed by atoms with Crippen molar-refractivity contribution in [2.75, 3.05) is 6.61 Å². The van der Waals surface area contributed by atoms with Gasteiger partial charge >= 0.3 is 11.9 Å². The number of hydrogen-bond acceptors (Lipinski definition) is 4. The third kappa shape index (κ3) is 14.4. The van der Waals surface area contributed by atoms with Crippen molar-refractivity contribution >= 4 is 11.9 Å². The van der Waals surface area contributed by atoms with Gasteiger partial charge in [-0.1, -0.05) is 90.4 Å². The van der Waals surface area contributed by atoms with Crippen LogP contribution in [0.1, 0.15) is 122 Å². The molecule has 0 aliphatic rings. The molecule has 0 heterocycles. The summed E-state index contributed by atoms with van der Waals surface area (Å²) in [5.41, 5.74) is -0.604. The summed E-state index contributed by atoms with van der Waals surface area (Å²) in [6.45, 7) is 1.85. The van der Waals surface area contributed by atoms with Crippen LogP contribution in [-0.2, 0) is 25.7 Å². The third-order valence-corrected chi connectivity index (χ3v) is 6.09. The first-order valence-electron chi connectivity index (χ1n) is 13.5. The number of halogens is 4. The van der Waals surface area contributed by atoms with Crippen molar-refractivity contribution in [3.8, 4) is 0 Å². The maximum Gasteiger partial charge on any atom is 0.306 e. The van der Waals surface area contributed by atoms with Crippen LogP contribution in [-0.4, -0.2) is 18.5 Å². The van der Waals surface area contributed by atoms with Crippen LogP contribution in [0.25, 0.3) is 0 Å². The summed E-state index contributed by atoms with van der Waals surface area (Å²) in [5.74, 6) is -8.22. The van der Waals surface area contributed by atoms with E-state index in [-0.39, 0.29) is 19.3 Å². The van der Waals surface area contributed by atoms with Crippen molar-refractivity contribution in [3.05, 3.63) is 34.9 Å². The first-order valence-corrected chi connectivity index (χ1v) is 13.5. The van der Waals surface area contributed by atoms with E-state index in [0.717, 1.165) is 19.3 Å². The fraction of sp³-hybridized carbons (Fsp3) is 0.714. The van der Waals surface area contributed by atoms with Gasteiger partial charge in [0.2, 0.25) is 0 Å². The molecular weight excluding hydrogens is 476 g/mol. The predicted octanol–water partition coefficient (Wildman–Crippen LogP) is 8.48. The quantitative estimate of drug-likeness (QED) is 0.0538. The van der Waals surface area contributed by atoms with E-state index in [1.165, 1.54) is 70.6 Å². The third-order valence-electron chi connectivity index (χ3n) is 6.09. The molecule has 0 spiro atoms. The summed E-state index contributed by atoms with van der Waals surface area (Å²) >= 11 is 0. The maximum atomic E-state index is 13.5. The minimum absolute atomic E-state index is 0.0296. The molecular formula is C28H42F4O4. The molecule has 36 heavy (non-hydrogen) atoms. The number of hydrogen-bond donors (Lipinski definition) is 0. The highest BCUT2D eigenvalue weighted by atomic mass is 19.2. The minimum atomic E-state index is -1.96.